The van der Waals surface area contributed by atoms with Gasteiger partial charge in [-0.2, -0.15) is 5.10 Å². The summed E-state index contributed by atoms with van der Waals surface area (Å²) in [5.41, 5.74) is -2.83. The third-order valence-corrected chi connectivity index (χ3v) is 8.27. The number of aromatic nitrogens is 2. The molecular weight excluding hydrogens is 602 g/mol. The zero-order valence-electron chi connectivity index (χ0n) is 23.1. The van der Waals surface area contributed by atoms with E-state index in [1.54, 1.807) is 32.9 Å². The molecule has 1 aliphatic carbocycles. The van der Waals surface area contributed by atoms with Crippen LogP contribution in [-0.2, 0) is 19.1 Å². The third kappa shape index (κ3) is 6.16. The fraction of sp³-hybridized carbons (Fsp3) is 0.556. The second-order valence-electron chi connectivity index (χ2n) is 11.4. The molecule has 5 atom stereocenters. The molecule has 4 aliphatic rings. The second kappa shape index (κ2) is 11.7. The van der Waals surface area contributed by atoms with Crippen LogP contribution in [0.1, 0.15) is 46.1 Å². The number of carboxylic acids is 1. The van der Waals surface area contributed by atoms with Gasteiger partial charge in [-0.05, 0) is 34.2 Å². The fourth-order valence-corrected chi connectivity index (χ4v) is 5.51. The molecule has 1 saturated carbocycles. The minimum absolute atomic E-state index is 0.0171. The maximum Gasteiger partial charge on any atom is 0.408 e. The normalized spacial score (nSPS) is 29.3. The standard InChI is InChI=1S/C27H34BrN5O8/c1-5-15-12-27(15,24(37)38)31-21(34)17-11-16-14-32(17)23(36)20(26(2,3)4)30-25(39)41-10-8-6-7-9-40-18-13-29-33(16)22(35)19(18)28/h5-6,8,13,15-17,20H,1,7,9-12,14H2,2-4H3,(H,30,39)(H,31,34)(H,37,38)/b8-6+/t15?,16-,17+,20-,27?/m1/s1. The van der Waals surface area contributed by atoms with Crippen molar-refractivity contribution >= 4 is 39.8 Å². The van der Waals surface area contributed by atoms with E-state index < -0.39 is 64.4 Å². The molecule has 14 heteroatoms. The maximum atomic E-state index is 14.0. The number of nitrogens with zero attached hydrogens (tertiary/aromatic N) is 3. The summed E-state index contributed by atoms with van der Waals surface area (Å²) in [4.78, 5) is 66.9. The van der Waals surface area contributed by atoms with Gasteiger partial charge in [0.1, 0.15) is 28.7 Å². The predicted octanol–water partition coefficient (Wildman–Crippen LogP) is 1.77. The van der Waals surface area contributed by atoms with Gasteiger partial charge in [0.25, 0.3) is 5.56 Å². The first-order valence-electron chi connectivity index (χ1n) is 13.3. The van der Waals surface area contributed by atoms with E-state index in [-0.39, 0.29) is 42.8 Å². The van der Waals surface area contributed by atoms with E-state index in [9.17, 15) is 29.1 Å². The van der Waals surface area contributed by atoms with Crippen LogP contribution in [0.15, 0.2) is 40.3 Å². The van der Waals surface area contributed by atoms with E-state index in [4.69, 9.17) is 9.47 Å². The molecule has 0 radical (unpaired) electrons. The highest BCUT2D eigenvalue weighted by Crippen LogP contribution is 2.45. The molecule has 5 rings (SSSR count). The number of hydrogen-bond acceptors (Lipinski definition) is 8. The van der Waals surface area contributed by atoms with Crippen LogP contribution in [-0.4, -0.2) is 81.0 Å². The van der Waals surface area contributed by atoms with Gasteiger partial charge in [-0.3, -0.25) is 14.4 Å². The summed E-state index contributed by atoms with van der Waals surface area (Å²) in [6.07, 6.45) is 6.05. The van der Waals surface area contributed by atoms with Gasteiger partial charge < -0.3 is 30.1 Å². The molecule has 13 nitrogen and oxygen atoms in total. The number of carbonyl (C=O) groups excluding carboxylic acids is 3. The highest BCUT2D eigenvalue weighted by molar-refractivity contribution is 9.10. The van der Waals surface area contributed by atoms with Crippen molar-refractivity contribution < 1.29 is 33.8 Å². The molecule has 222 valence electrons. The lowest BCUT2D eigenvalue weighted by molar-refractivity contribution is -0.146. The molecule has 3 N–H and O–H groups in total. The van der Waals surface area contributed by atoms with E-state index in [1.165, 1.54) is 21.9 Å². The zero-order valence-corrected chi connectivity index (χ0v) is 24.7. The van der Waals surface area contributed by atoms with Gasteiger partial charge in [0.2, 0.25) is 11.8 Å². The summed E-state index contributed by atoms with van der Waals surface area (Å²) < 4.78 is 12.2. The molecule has 3 aliphatic heterocycles. The lowest BCUT2D eigenvalue weighted by atomic mass is 9.85. The minimum atomic E-state index is -1.52. The lowest BCUT2D eigenvalue weighted by Crippen LogP contribution is -2.59. The molecule has 2 fully saturated rings. The Hall–Kier alpha value is -3.68. The molecule has 1 aromatic heterocycles. The smallest absolute Gasteiger partial charge is 0.408 e. The van der Waals surface area contributed by atoms with Crippen LogP contribution in [0.2, 0.25) is 0 Å². The first-order chi connectivity index (χ1) is 19.3. The summed E-state index contributed by atoms with van der Waals surface area (Å²) in [6.45, 7) is 9.01. The highest BCUT2D eigenvalue weighted by atomic mass is 79.9. The van der Waals surface area contributed by atoms with Crippen molar-refractivity contribution in [2.75, 3.05) is 19.8 Å². The van der Waals surface area contributed by atoms with Crippen LogP contribution in [0.3, 0.4) is 0 Å². The van der Waals surface area contributed by atoms with Crippen molar-refractivity contribution in [3.05, 3.63) is 45.8 Å². The van der Waals surface area contributed by atoms with Crippen LogP contribution < -0.4 is 20.9 Å². The van der Waals surface area contributed by atoms with Crippen molar-refractivity contribution in [3.63, 3.8) is 0 Å². The number of rotatable bonds is 4. The van der Waals surface area contributed by atoms with Gasteiger partial charge in [-0.1, -0.05) is 39.0 Å². The third-order valence-electron chi connectivity index (χ3n) is 7.54. The van der Waals surface area contributed by atoms with E-state index in [0.29, 0.717) is 6.42 Å². The summed E-state index contributed by atoms with van der Waals surface area (Å²) in [6, 6.07) is -2.97. The van der Waals surface area contributed by atoms with Crippen molar-refractivity contribution in [2.45, 2.75) is 63.7 Å². The zero-order chi connectivity index (χ0) is 30.1. The predicted molar refractivity (Wildman–Crippen MR) is 149 cm³/mol. The Balaban J connectivity index is 1.74. The number of ether oxygens (including phenoxy) is 2. The van der Waals surface area contributed by atoms with E-state index in [2.05, 4.69) is 38.2 Å². The number of halogens is 1. The molecule has 3 amide bonds. The fourth-order valence-electron chi connectivity index (χ4n) is 5.11. The number of nitrogens with one attached hydrogen (secondary N) is 2. The van der Waals surface area contributed by atoms with Crippen LogP contribution >= 0.6 is 15.9 Å². The molecule has 1 saturated heterocycles. The Bertz CT molecular complexity index is 1340. The number of amides is 3. The van der Waals surface area contributed by atoms with E-state index in [1.807, 2.05) is 0 Å². The van der Waals surface area contributed by atoms with Gasteiger partial charge in [-0.15, -0.1) is 6.58 Å². The molecule has 0 spiro atoms. The molecule has 1 aromatic rings. The summed E-state index contributed by atoms with van der Waals surface area (Å²) in [5, 5.41) is 19.3. The van der Waals surface area contributed by atoms with Crippen LogP contribution in [0.5, 0.6) is 5.75 Å². The first kappa shape index (κ1) is 30.3. The Labute approximate surface area is 245 Å². The molecular formula is C27H34BrN5O8. The average molecular weight is 637 g/mol. The summed E-state index contributed by atoms with van der Waals surface area (Å²) >= 11 is 3.29. The van der Waals surface area contributed by atoms with Gasteiger partial charge in [0.15, 0.2) is 5.75 Å². The summed E-state index contributed by atoms with van der Waals surface area (Å²) in [7, 11) is 0. The van der Waals surface area contributed by atoms with Gasteiger partial charge in [0, 0.05) is 18.9 Å². The number of hydrogen-bond donors (Lipinski definition) is 3. The monoisotopic (exact) mass is 635 g/mol. The van der Waals surface area contributed by atoms with Gasteiger partial charge >= 0.3 is 12.1 Å². The number of alkyl carbamates (subject to hydrolysis) is 1. The van der Waals surface area contributed by atoms with Crippen molar-refractivity contribution in [2.24, 2.45) is 11.3 Å². The number of aliphatic carboxylic acids is 1. The SMILES string of the molecule is C=CC1CC1(NC(=O)[C@@H]1C[C@@H]2CN1C(=O)[C@H](C(C)(C)C)NC(=O)OC/C=C/CCOc1cnn2c(=O)c1Br)C(=O)O. The minimum Gasteiger partial charge on any atom is -0.490 e. The topological polar surface area (TPSA) is 169 Å². The van der Waals surface area contributed by atoms with Gasteiger partial charge in [0.05, 0.1) is 18.8 Å². The van der Waals surface area contributed by atoms with Crippen LogP contribution in [0, 0.1) is 11.3 Å². The molecule has 4 heterocycles. The maximum absolute atomic E-state index is 14.0. The molecule has 41 heavy (non-hydrogen) atoms. The molecule has 2 unspecified atom stereocenters. The second-order valence-corrected chi connectivity index (χ2v) is 12.2. The van der Waals surface area contributed by atoms with Crippen LogP contribution in [0.4, 0.5) is 4.79 Å². The molecule has 4 bridgehead atoms. The Morgan fingerprint density at radius 3 is 2.63 bits per heavy atom. The van der Waals surface area contributed by atoms with Crippen molar-refractivity contribution in [1.82, 2.24) is 25.3 Å². The number of fused-ring (bicyclic) bond motifs is 11. The lowest BCUT2D eigenvalue weighted by Gasteiger charge is -2.35. The number of carbonyl (C=O) groups is 4. The Morgan fingerprint density at radius 1 is 1.27 bits per heavy atom. The Morgan fingerprint density at radius 2 is 2.00 bits per heavy atom. The first-order valence-corrected chi connectivity index (χ1v) is 14.1. The number of carboxylic acid groups (broad SMARTS) is 1. The van der Waals surface area contributed by atoms with Crippen molar-refractivity contribution in [1.29, 1.82) is 0 Å². The Kier molecular flexibility index (Phi) is 8.62. The van der Waals surface area contributed by atoms with Crippen LogP contribution in [0.25, 0.3) is 0 Å². The van der Waals surface area contributed by atoms with Crippen molar-refractivity contribution in [3.8, 4) is 5.75 Å². The average Bonchev–Trinajstić information content (AvgIpc) is 3.45. The highest BCUT2D eigenvalue weighted by Gasteiger charge is 2.61. The van der Waals surface area contributed by atoms with E-state index in [0.717, 1.165) is 0 Å². The quantitative estimate of drug-likeness (QED) is 0.417. The summed E-state index contributed by atoms with van der Waals surface area (Å²) in [5.74, 6) is -2.71. The van der Waals surface area contributed by atoms with Gasteiger partial charge in [-0.25, -0.2) is 14.3 Å². The van der Waals surface area contributed by atoms with E-state index >= 15 is 0 Å². The largest absolute Gasteiger partial charge is 0.490 e. The molecule has 0 aromatic carbocycles.